The second-order valence-corrected chi connectivity index (χ2v) is 4.00. The maximum Gasteiger partial charge on any atom is 0.116 e. The molecule has 0 fully saturated rings. The van der Waals surface area contributed by atoms with Crippen molar-refractivity contribution in [2.24, 2.45) is 0 Å². The van der Waals surface area contributed by atoms with Crippen LogP contribution in [-0.2, 0) is 0 Å². The van der Waals surface area contributed by atoms with E-state index in [1.54, 1.807) is 6.20 Å². The summed E-state index contributed by atoms with van der Waals surface area (Å²) in [4.78, 5) is 7.95. The summed E-state index contributed by atoms with van der Waals surface area (Å²) in [5.74, 6) is 0. The number of aryl methyl sites for hydroxylation is 1. The van der Waals surface area contributed by atoms with Crippen LogP contribution in [0, 0.1) is 6.92 Å². The van der Waals surface area contributed by atoms with E-state index >= 15 is 0 Å². The molecule has 76 valence electrons. The summed E-state index contributed by atoms with van der Waals surface area (Å²) in [7, 11) is 0. The highest BCUT2D eigenvalue weighted by molar-refractivity contribution is 6.33. The van der Waals surface area contributed by atoms with Crippen LogP contribution in [0.5, 0.6) is 0 Å². The third-order valence-corrected chi connectivity index (χ3v) is 2.80. The quantitative estimate of drug-likeness (QED) is 0.757. The molecule has 2 rings (SSSR count). The molecule has 1 aromatic carbocycles. The molecule has 0 aliphatic rings. The summed E-state index contributed by atoms with van der Waals surface area (Å²) in [5.41, 5.74) is 2.64. The van der Waals surface area contributed by atoms with Gasteiger partial charge in [-0.2, -0.15) is 0 Å². The molecular formula is C11H8Cl2N2. The van der Waals surface area contributed by atoms with Gasteiger partial charge in [-0.25, -0.2) is 9.97 Å². The highest BCUT2D eigenvalue weighted by Crippen LogP contribution is 2.27. The molecule has 2 aromatic rings. The first-order valence-electron chi connectivity index (χ1n) is 4.40. The first kappa shape index (κ1) is 10.4. The predicted octanol–water partition coefficient (Wildman–Crippen LogP) is 3.76. The highest BCUT2D eigenvalue weighted by Gasteiger charge is 2.06. The van der Waals surface area contributed by atoms with E-state index in [2.05, 4.69) is 9.97 Å². The Morgan fingerprint density at radius 1 is 1.13 bits per heavy atom. The summed E-state index contributed by atoms with van der Waals surface area (Å²) in [6.07, 6.45) is 3.03. The van der Waals surface area contributed by atoms with Crippen LogP contribution in [0.3, 0.4) is 0 Å². The predicted molar refractivity (Wildman–Crippen MR) is 62.2 cm³/mol. The maximum absolute atomic E-state index is 6.03. The van der Waals surface area contributed by atoms with Crippen LogP contribution >= 0.6 is 23.2 Å². The Hall–Kier alpha value is -1.12. The van der Waals surface area contributed by atoms with Crippen molar-refractivity contribution < 1.29 is 0 Å². The van der Waals surface area contributed by atoms with Gasteiger partial charge in [0.2, 0.25) is 0 Å². The summed E-state index contributed by atoms with van der Waals surface area (Å²) >= 11 is 12.0. The molecule has 0 saturated heterocycles. The molecule has 0 radical (unpaired) electrons. The largest absolute Gasteiger partial charge is 0.243 e. The fraction of sp³-hybridized carbons (Fsp3) is 0.0909. The zero-order valence-electron chi connectivity index (χ0n) is 8.04. The van der Waals surface area contributed by atoms with E-state index in [9.17, 15) is 0 Å². The molecule has 1 aromatic heterocycles. The van der Waals surface area contributed by atoms with Crippen LogP contribution in [0.15, 0.2) is 30.7 Å². The Bertz CT molecular complexity index is 498. The van der Waals surface area contributed by atoms with Crippen LogP contribution < -0.4 is 0 Å². The van der Waals surface area contributed by atoms with E-state index in [1.807, 2.05) is 25.1 Å². The summed E-state index contributed by atoms with van der Waals surface area (Å²) in [6.45, 7) is 1.95. The number of hydrogen-bond donors (Lipinski definition) is 0. The van der Waals surface area contributed by atoms with Gasteiger partial charge < -0.3 is 0 Å². The lowest BCUT2D eigenvalue weighted by Gasteiger charge is -2.04. The van der Waals surface area contributed by atoms with E-state index in [0.29, 0.717) is 15.7 Å². The number of nitrogens with zero attached hydrogens (tertiary/aromatic N) is 2. The minimum absolute atomic E-state index is 0.525. The fourth-order valence-electron chi connectivity index (χ4n) is 1.27. The van der Waals surface area contributed by atoms with Gasteiger partial charge in [-0.05, 0) is 18.6 Å². The van der Waals surface area contributed by atoms with E-state index in [1.165, 1.54) is 6.33 Å². The molecule has 0 spiro atoms. The van der Waals surface area contributed by atoms with Gasteiger partial charge in [-0.1, -0.05) is 35.3 Å². The van der Waals surface area contributed by atoms with Crippen molar-refractivity contribution in [3.05, 3.63) is 46.3 Å². The number of benzene rings is 1. The summed E-state index contributed by atoms with van der Waals surface area (Å²) in [5, 5.41) is 1.24. The molecule has 0 atom stereocenters. The van der Waals surface area contributed by atoms with Crippen LogP contribution in [-0.4, -0.2) is 9.97 Å². The van der Waals surface area contributed by atoms with Crippen LogP contribution in [0.2, 0.25) is 10.0 Å². The monoisotopic (exact) mass is 238 g/mol. The van der Waals surface area contributed by atoms with Crippen molar-refractivity contribution in [1.29, 1.82) is 0 Å². The smallest absolute Gasteiger partial charge is 0.116 e. The minimum Gasteiger partial charge on any atom is -0.243 e. The lowest BCUT2D eigenvalue weighted by Crippen LogP contribution is -1.87. The molecule has 0 N–H and O–H groups in total. The molecule has 0 saturated carbocycles. The average Bonchev–Trinajstić information content (AvgIpc) is 2.23. The van der Waals surface area contributed by atoms with E-state index < -0.39 is 0 Å². The van der Waals surface area contributed by atoms with Crippen molar-refractivity contribution in [3.63, 3.8) is 0 Å². The zero-order chi connectivity index (χ0) is 10.8. The highest BCUT2D eigenvalue weighted by atomic mass is 35.5. The van der Waals surface area contributed by atoms with Crippen molar-refractivity contribution >= 4 is 23.2 Å². The number of halogens is 2. The van der Waals surface area contributed by atoms with E-state index in [0.717, 1.165) is 11.1 Å². The van der Waals surface area contributed by atoms with Gasteiger partial charge in [-0.15, -0.1) is 0 Å². The van der Waals surface area contributed by atoms with Crippen molar-refractivity contribution in [2.45, 2.75) is 6.92 Å². The molecule has 0 unspecified atom stereocenters. The van der Waals surface area contributed by atoms with Gasteiger partial charge in [-0.3, -0.25) is 0 Å². The third-order valence-electron chi connectivity index (χ3n) is 2.11. The van der Waals surface area contributed by atoms with E-state index in [-0.39, 0.29) is 0 Å². The fourth-order valence-corrected chi connectivity index (χ4v) is 1.66. The molecule has 2 nitrogen and oxygen atoms in total. The lowest BCUT2D eigenvalue weighted by atomic mass is 10.1. The number of hydrogen-bond acceptors (Lipinski definition) is 2. The molecule has 15 heavy (non-hydrogen) atoms. The van der Waals surface area contributed by atoms with Gasteiger partial charge in [0.1, 0.15) is 6.33 Å². The second-order valence-electron chi connectivity index (χ2n) is 3.18. The van der Waals surface area contributed by atoms with Crippen LogP contribution in [0.25, 0.3) is 11.3 Å². The Labute approximate surface area is 97.9 Å². The van der Waals surface area contributed by atoms with Gasteiger partial charge in [0.15, 0.2) is 0 Å². The molecule has 4 heteroatoms. The minimum atomic E-state index is 0.525. The first-order valence-corrected chi connectivity index (χ1v) is 5.16. The molecule has 0 aliphatic heterocycles. The first-order chi connectivity index (χ1) is 7.18. The summed E-state index contributed by atoms with van der Waals surface area (Å²) in [6, 6.07) is 5.73. The van der Waals surface area contributed by atoms with E-state index in [4.69, 9.17) is 23.2 Å². The third kappa shape index (κ3) is 2.11. The SMILES string of the molecule is Cc1ccc(-c2ncncc2Cl)cc1Cl. The van der Waals surface area contributed by atoms with Crippen LogP contribution in [0.4, 0.5) is 0 Å². The number of aromatic nitrogens is 2. The molecule has 0 amide bonds. The molecule has 0 aliphatic carbocycles. The zero-order valence-corrected chi connectivity index (χ0v) is 9.55. The van der Waals surface area contributed by atoms with Crippen molar-refractivity contribution in [2.75, 3.05) is 0 Å². The molecule has 0 bridgehead atoms. The Balaban J connectivity index is 2.55. The maximum atomic E-state index is 6.03. The van der Waals surface area contributed by atoms with Crippen molar-refractivity contribution in [1.82, 2.24) is 9.97 Å². The summed E-state index contributed by atoms with van der Waals surface area (Å²) < 4.78 is 0. The number of rotatable bonds is 1. The molecular weight excluding hydrogens is 231 g/mol. The normalized spacial score (nSPS) is 10.3. The average molecular weight is 239 g/mol. The Morgan fingerprint density at radius 2 is 1.93 bits per heavy atom. The van der Waals surface area contributed by atoms with Crippen LogP contribution in [0.1, 0.15) is 5.56 Å². The van der Waals surface area contributed by atoms with Gasteiger partial charge in [0.25, 0.3) is 0 Å². The Kier molecular flexibility index (Phi) is 2.89. The molecule has 1 heterocycles. The van der Waals surface area contributed by atoms with Crippen molar-refractivity contribution in [3.8, 4) is 11.3 Å². The topological polar surface area (TPSA) is 25.8 Å². The Morgan fingerprint density at radius 3 is 2.60 bits per heavy atom. The van der Waals surface area contributed by atoms with Gasteiger partial charge in [0, 0.05) is 16.8 Å². The second kappa shape index (κ2) is 4.17. The standard InChI is InChI=1S/C11H8Cl2N2/c1-7-2-3-8(4-9(7)12)11-10(13)5-14-6-15-11/h2-6H,1H3. The lowest BCUT2D eigenvalue weighted by molar-refractivity contribution is 1.17. The van der Waals surface area contributed by atoms with Gasteiger partial charge >= 0.3 is 0 Å². The van der Waals surface area contributed by atoms with Gasteiger partial charge in [0.05, 0.1) is 10.7 Å².